The van der Waals surface area contributed by atoms with E-state index in [2.05, 4.69) is 23.8 Å². The lowest BCUT2D eigenvalue weighted by Crippen LogP contribution is -2.30. The molecule has 2 N–H and O–H groups in total. The number of nitrogens with two attached hydrogens (primary N) is 1. The molecule has 84 valence electrons. The van der Waals surface area contributed by atoms with E-state index in [0.29, 0.717) is 5.92 Å². The van der Waals surface area contributed by atoms with Gasteiger partial charge in [0, 0.05) is 23.3 Å². The Morgan fingerprint density at radius 3 is 1.87 bits per heavy atom. The Labute approximate surface area is 92.1 Å². The number of hydrogen-bond acceptors (Lipinski definition) is 3. The van der Waals surface area contributed by atoms with Crippen molar-refractivity contribution in [3.8, 4) is 0 Å². The third kappa shape index (κ3) is 2.99. The Bertz CT molecular complexity index is 303. The van der Waals surface area contributed by atoms with Gasteiger partial charge in [-0.15, -0.1) is 0 Å². The lowest BCUT2D eigenvalue weighted by atomic mass is 9.89. The van der Waals surface area contributed by atoms with E-state index >= 15 is 0 Å². The average molecular weight is 207 g/mol. The van der Waals surface area contributed by atoms with Crippen LogP contribution >= 0.6 is 0 Å². The molecular weight excluding hydrogens is 186 g/mol. The molecule has 1 aromatic rings. The van der Waals surface area contributed by atoms with Crippen LogP contribution in [0.15, 0.2) is 6.07 Å². The summed E-state index contributed by atoms with van der Waals surface area (Å²) in [5.74, 6) is 1.59. The standard InChI is InChI=1S/C12H21N3/c1-7(2)11(10(5)13)12-14-8(3)6-9(4)15-12/h6-7,10-11H,13H2,1-5H3. The van der Waals surface area contributed by atoms with E-state index in [9.17, 15) is 0 Å². The molecule has 1 heterocycles. The highest BCUT2D eigenvalue weighted by Crippen LogP contribution is 2.24. The van der Waals surface area contributed by atoms with Crippen LogP contribution in [-0.4, -0.2) is 16.0 Å². The summed E-state index contributed by atoms with van der Waals surface area (Å²) in [6, 6.07) is 2.08. The number of rotatable bonds is 3. The molecule has 15 heavy (non-hydrogen) atoms. The van der Waals surface area contributed by atoms with Crippen molar-refractivity contribution in [1.82, 2.24) is 9.97 Å². The summed E-state index contributed by atoms with van der Waals surface area (Å²) in [6.07, 6.45) is 0. The molecule has 2 unspecified atom stereocenters. The van der Waals surface area contributed by atoms with E-state index in [1.165, 1.54) is 0 Å². The summed E-state index contributed by atoms with van der Waals surface area (Å²) in [6.45, 7) is 10.3. The van der Waals surface area contributed by atoms with Crippen LogP contribution in [0.25, 0.3) is 0 Å². The number of aromatic nitrogens is 2. The maximum Gasteiger partial charge on any atom is 0.133 e. The topological polar surface area (TPSA) is 51.8 Å². The minimum absolute atomic E-state index is 0.0891. The van der Waals surface area contributed by atoms with Gasteiger partial charge in [-0.05, 0) is 32.8 Å². The summed E-state index contributed by atoms with van der Waals surface area (Å²) in [4.78, 5) is 8.97. The third-order valence-electron chi connectivity index (χ3n) is 2.58. The minimum atomic E-state index is 0.0891. The number of aryl methyl sites for hydroxylation is 2. The van der Waals surface area contributed by atoms with Crippen LogP contribution in [0, 0.1) is 19.8 Å². The molecule has 0 spiro atoms. The van der Waals surface area contributed by atoms with Crippen LogP contribution in [0.4, 0.5) is 0 Å². The zero-order valence-corrected chi connectivity index (χ0v) is 10.3. The van der Waals surface area contributed by atoms with Crippen LogP contribution < -0.4 is 5.73 Å². The molecule has 1 rings (SSSR count). The zero-order chi connectivity index (χ0) is 11.6. The maximum atomic E-state index is 5.99. The van der Waals surface area contributed by atoms with Gasteiger partial charge in [-0.25, -0.2) is 9.97 Å². The van der Waals surface area contributed by atoms with Crippen molar-refractivity contribution in [1.29, 1.82) is 0 Å². The Kier molecular flexibility index (Phi) is 3.80. The summed E-state index contributed by atoms with van der Waals surface area (Å²) >= 11 is 0. The monoisotopic (exact) mass is 207 g/mol. The van der Waals surface area contributed by atoms with Crippen molar-refractivity contribution in [3.05, 3.63) is 23.3 Å². The van der Waals surface area contributed by atoms with Crippen LogP contribution in [0.5, 0.6) is 0 Å². The molecule has 0 radical (unpaired) electrons. The molecule has 2 atom stereocenters. The van der Waals surface area contributed by atoms with E-state index in [-0.39, 0.29) is 12.0 Å². The van der Waals surface area contributed by atoms with Crippen LogP contribution in [0.1, 0.15) is 43.9 Å². The molecule has 0 fully saturated rings. The van der Waals surface area contributed by atoms with Crippen LogP contribution in [0.3, 0.4) is 0 Å². The van der Waals surface area contributed by atoms with Gasteiger partial charge in [0.1, 0.15) is 5.82 Å². The quantitative estimate of drug-likeness (QED) is 0.826. The molecule has 3 heteroatoms. The largest absolute Gasteiger partial charge is 0.327 e. The highest BCUT2D eigenvalue weighted by Gasteiger charge is 2.23. The summed E-state index contributed by atoms with van der Waals surface area (Å²) in [5.41, 5.74) is 8.02. The lowest BCUT2D eigenvalue weighted by Gasteiger charge is -2.23. The lowest BCUT2D eigenvalue weighted by molar-refractivity contribution is 0.415. The van der Waals surface area contributed by atoms with Gasteiger partial charge in [-0.2, -0.15) is 0 Å². The molecule has 0 aromatic carbocycles. The molecule has 0 aliphatic carbocycles. The second kappa shape index (κ2) is 4.71. The SMILES string of the molecule is Cc1cc(C)nc(C(C(C)C)C(C)N)n1. The molecule has 3 nitrogen and oxygen atoms in total. The predicted molar refractivity (Wildman–Crippen MR) is 62.7 cm³/mol. The first-order valence-corrected chi connectivity index (χ1v) is 5.49. The normalized spacial score (nSPS) is 15.4. The molecule has 0 aliphatic rings. The van der Waals surface area contributed by atoms with Crippen molar-refractivity contribution >= 4 is 0 Å². The molecular formula is C12H21N3. The van der Waals surface area contributed by atoms with Gasteiger partial charge < -0.3 is 5.73 Å². The summed E-state index contributed by atoms with van der Waals surface area (Å²) in [7, 11) is 0. The van der Waals surface area contributed by atoms with Crippen molar-refractivity contribution in [2.75, 3.05) is 0 Å². The predicted octanol–water partition coefficient (Wildman–Crippen LogP) is 2.18. The first kappa shape index (κ1) is 12.1. The fourth-order valence-corrected chi connectivity index (χ4v) is 2.04. The Hall–Kier alpha value is -0.960. The molecule has 1 aromatic heterocycles. The Morgan fingerprint density at radius 2 is 1.53 bits per heavy atom. The van der Waals surface area contributed by atoms with Crippen LogP contribution in [0.2, 0.25) is 0 Å². The van der Waals surface area contributed by atoms with E-state index in [1.807, 2.05) is 26.8 Å². The third-order valence-corrected chi connectivity index (χ3v) is 2.58. The van der Waals surface area contributed by atoms with Gasteiger partial charge >= 0.3 is 0 Å². The Balaban J connectivity index is 3.11. The molecule has 0 saturated carbocycles. The Morgan fingerprint density at radius 1 is 1.07 bits per heavy atom. The number of hydrogen-bond donors (Lipinski definition) is 1. The summed E-state index contributed by atoms with van der Waals surface area (Å²) in [5, 5.41) is 0. The van der Waals surface area contributed by atoms with Crippen molar-refractivity contribution in [3.63, 3.8) is 0 Å². The van der Waals surface area contributed by atoms with Crippen molar-refractivity contribution in [2.24, 2.45) is 11.7 Å². The summed E-state index contributed by atoms with van der Waals surface area (Å²) < 4.78 is 0. The number of nitrogens with zero attached hydrogens (tertiary/aromatic N) is 2. The minimum Gasteiger partial charge on any atom is -0.327 e. The molecule has 0 saturated heterocycles. The fourth-order valence-electron chi connectivity index (χ4n) is 2.04. The van der Waals surface area contributed by atoms with Gasteiger partial charge in [0.25, 0.3) is 0 Å². The second-order valence-corrected chi connectivity index (χ2v) is 4.64. The van der Waals surface area contributed by atoms with Gasteiger partial charge in [0.15, 0.2) is 0 Å². The van der Waals surface area contributed by atoms with Crippen LogP contribution in [-0.2, 0) is 0 Å². The fraction of sp³-hybridized carbons (Fsp3) is 0.667. The molecule has 0 amide bonds. The van der Waals surface area contributed by atoms with Gasteiger partial charge in [-0.1, -0.05) is 13.8 Å². The molecule has 0 bridgehead atoms. The van der Waals surface area contributed by atoms with E-state index < -0.39 is 0 Å². The average Bonchev–Trinajstić information content (AvgIpc) is 1.99. The first-order valence-electron chi connectivity index (χ1n) is 5.49. The molecule has 0 aliphatic heterocycles. The van der Waals surface area contributed by atoms with E-state index in [0.717, 1.165) is 17.2 Å². The van der Waals surface area contributed by atoms with Gasteiger partial charge in [-0.3, -0.25) is 0 Å². The second-order valence-electron chi connectivity index (χ2n) is 4.64. The maximum absolute atomic E-state index is 5.99. The zero-order valence-electron chi connectivity index (χ0n) is 10.3. The van der Waals surface area contributed by atoms with E-state index in [4.69, 9.17) is 5.73 Å². The van der Waals surface area contributed by atoms with Gasteiger partial charge in [0.05, 0.1) is 0 Å². The first-order chi connectivity index (χ1) is 6.91. The highest BCUT2D eigenvalue weighted by atomic mass is 14.9. The van der Waals surface area contributed by atoms with Crippen molar-refractivity contribution < 1.29 is 0 Å². The van der Waals surface area contributed by atoms with Gasteiger partial charge in [0.2, 0.25) is 0 Å². The van der Waals surface area contributed by atoms with E-state index in [1.54, 1.807) is 0 Å². The van der Waals surface area contributed by atoms with Crippen molar-refractivity contribution in [2.45, 2.75) is 46.6 Å². The highest BCUT2D eigenvalue weighted by molar-refractivity contribution is 5.12. The smallest absolute Gasteiger partial charge is 0.133 e.